The first-order chi connectivity index (χ1) is 8.20. The highest BCUT2D eigenvalue weighted by Crippen LogP contribution is 2.10. The minimum atomic E-state index is -0.131. The van der Waals surface area contributed by atoms with Crippen LogP contribution < -0.4 is 0 Å². The summed E-state index contributed by atoms with van der Waals surface area (Å²) in [6, 6.07) is 0. The molecule has 0 aliphatic carbocycles. The first kappa shape index (κ1) is 16.3. The zero-order valence-corrected chi connectivity index (χ0v) is 11.5. The Morgan fingerprint density at radius 2 is 1.24 bits per heavy atom. The highest BCUT2D eigenvalue weighted by molar-refractivity contribution is 7.99. The van der Waals surface area contributed by atoms with Crippen LogP contribution in [0.15, 0.2) is 0 Å². The lowest BCUT2D eigenvalue weighted by Crippen LogP contribution is -2.00. The molecule has 0 rings (SSSR count). The monoisotopic (exact) mass is 262 g/mol. The van der Waals surface area contributed by atoms with E-state index in [2.05, 4.69) is 9.47 Å². The molecule has 0 aromatic heterocycles. The van der Waals surface area contributed by atoms with E-state index in [-0.39, 0.29) is 11.9 Å². The third-order valence-electron chi connectivity index (χ3n) is 2.29. The third kappa shape index (κ3) is 11.6. The molecule has 4 nitrogen and oxygen atoms in total. The summed E-state index contributed by atoms with van der Waals surface area (Å²) in [5.41, 5.74) is 0. The third-order valence-corrected chi connectivity index (χ3v) is 3.45. The maximum absolute atomic E-state index is 10.8. The summed E-state index contributed by atoms with van der Waals surface area (Å²) in [5, 5.41) is 0. The number of methoxy groups -OCH3 is 2. The highest BCUT2D eigenvalue weighted by Gasteiger charge is 2.00. The van der Waals surface area contributed by atoms with Gasteiger partial charge in [0.2, 0.25) is 0 Å². The van der Waals surface area contributed by atoms with Crippen molar-refractivity contribution in [3.05, 3.63) is 0 Å². The van der Waals surface area contributed by atoms with E-state index < -0.39 is 0 Å². The summed E-state index contributed by atoms with van der Waals surface area (Å²) in [6.45, 7) is 0. The topological polar surface area (TPSA) is 52.6 Å². The predicted molar refractivity (Wildman–Crippen MR) is 69.1 cm³/mol. The van der Waals surface area contributed by atoms with Crippen molar-refractivity contribution in [3.8, 4) is 0 Å². The number of hydrogen-bond donors (Lipinski definition) is 0. The van der Waals surface area contributed by atoms with Gasteiger partial charge in [0.15, 0.2) is 0 Å². The molecule has 0 saturated heterocycles. The molecule has 0 bridgehead atoms. The molecule has 100 valence electrons. The van der Waals surface area contributed by atoms with Crippen LogP contribution in [0.2, 0.25) is 0 Å². The number of thioether (sulfide) groups is 1. The van der Waals surface area contributed by atoms with E-state index in [4.69, 9.17) is 0 Å². The molecule has 5 heteroatoms. The van der Waals surface area contributed by atoms with E-state index in [1.54, 1.807) is 0 Å². The largest absolute Gasteiger partial charge is 0.469 e. The van der Waals surface area contributed by atoms with Crippen molar-refractivity contribution in [1.82, 2.24) is 0 Å². The Balaban J connectivity index is 3.08. The number of carbonyl (C=O) groups is 2. The second-order valence-electron chi connectivity index (χ2n) is 3.68. The Hall–Kier alpha value is -0.710. The summed E-state index contributed by atoms with van der Waals surface area (Å²) >= 11 is 1.87. The zero-order chi connectivity index (χ0) is 12.9. The van der Waals surface area contributed by atoms with Crippen molar-refractivity contribution in [2.45, 2.75) is 38.5 Å². The van der Waals surface area contributed by atoms with Gasteiger partial charge in [0, 0.05) is 12.8 Å². The molecule has 0 unspecified atom stereocenters. The van der Waals surface area contributed by atoms with Crippen LogP contribution >= 0.6 is 11.8 Å². The molecule has 17 heavy (non-hydrogen) atoms. The van der Waals surface area contributed by atoms with Gasteiger partial charge in [-0.25, -0.2) is 0 Å². The van der Waals surface area contributed by atoms with Crippen LogP contribution in [0.25, 0.3) is 0 Å². The molecule has 0 fully saturated rings. The van der Waals surface area contributed by atoms with Gasteiger partial charge in [-0.3, -0.25) is 9.59 Å². The average Bonchev–Trinajstić information content (AvgIpc) is 2.35. The molecule has 0 N–H and O–H groups in total. The van der Waals surface area contributed by atoms with E-state index in [0.29, 0.717) is 12.8 Å². The maximum Gasteiger partial charge on any atom is 0.305 e. The fourth-order valence-corrected chi connectivity index (χ4v) is 2.27. The van der Waals surface area contributed by atoms with Gasteiger partial charge in [-0.1, -0.05) is 0 Å². The Labute approximate surface area is 107 Å². The molecule has 0 aliphatic heterocycles. The molecule has 0 amide bonds. The van der Waals surface area contributed by atoms with Gasteiger partial charge in [0.05, 0.1) is 14.2 Å². The maximum atomic E-state index is 10.8. The van der Waals surface area contributed by atoms with Crippen LogP contribution in [-0.2, 0) is 19.1 Å². The predicted octanol–water partition coefficient (Wildman–Crippen LogP) is 2.41. The first-order valence-corrected chi connectivity index (χ1v) is 7.07. The standard InChI is InChI=1S/C12H22O4S/c1-15-11(13)7-3-5-9-17-10-6-4-8-12(14)16-2/h3-10H2,1-2H3. The fraction of sp³-hybridized carbons (Fsp3) is 0.833. The van der Waals surface area contributed by atoms with Crippen LogP contribution in [0.1, 0.15) is 38.5 Å². The Morgan fingerprint density at radius 1 is 0.824 bits per heavy atom. The second-order valence-corrected chi connectivity index (χ2v) is 4.90. The molecule has 0 spiro atoms. The van der Waals surface area contributed by atoms with Crippen molar-refractivity contribution in [3.63, 3.8) is 0 Å². The van der Waals surface area contributed by atoms with Crippen molar-refractivity contribution < 1.29 is 19.1 Å². The summed E-state index contributed by atoms with van der Waals surface area (Å²) in [6.07, 6.45) is 4.88. The average molecular weight is 262 g/mol. The minimum absolute atomic E-state index is 0.131. The van der Waals surface area contributed by atoms with E-state index in [9.17, 15) is 9.59 Å². The Bertz CT molecular complexity index is 197. The lowest BCUT2D eigenvalue weighted by molar-refractivity contribution is -0.141. The number of carbonyl (C=O) groups excluding carboxylic acids is 2. The molecule has 0 radical (unpaired) electrons. The molecule has 0 atom stereocenters. The molecular weight excluding hydrogens is 240 g/mol. The van der Waals surface area contributed by atoms with Crippen molar-refractivity contribution >= 4 is 23.7 Å². The number of esters is 2. The smallest absolute Gasteiger partial charge is 0.305 e. The van der Waals surface area contributed by atoms with Crippen LogP contribution in [-0.4, -0.2) is 37.7 Å². The summed E-state index contributed by atoms with van der Waals surface area (Å²) in [7, 11) is 2.83. The molecule has 0 aromatic carbocycles. The SMILES string of the molecule is COC(=O)CCCCSCCCCC(=O)OC. The normalized spacial score (nSPS) is 10.0. The van der Waals surface area contributed by atoms with Crippen molar-refractivity contribution in [2.75, 3.05) is 25.7 Å². The summed E-state index contributed by atoms with van der Waals surface area (Å²) in [5.74, 6) is 1.87. The zero-order valence-electron chi connectivity index (χ0n) is 10.7. The van der Waals surface area contributed by atoms with Gasteiger partial charge < -0.3 is 9.47 Å². The fourth-order valence-electron chi connectivity index (χ4n) is 1.25. The molecule has 0 saturated carbocycles. The molecular formula is C12H22O4S. The molecule has 0 aromatic rings. The summed E-state index contributed by atoms with van der Waals surface area (Å²) < 4.78 is 9.11. The van der Waals surface area contributed by atoms with Gasteiger partial charge >= 0.3 is 11.9 Å². The Morgan fingerprint density at radius 3 is 1.59 bits per heavy atom. The van der Waals surface area contributed by atoms with E-state index in [0.717, 1.165) is 37.2 Å². The van der Waals surface area contributed by atoms with Crippen molar-refractivity contribution in [1.29, 1.82) is 0 Å². The number of hydrogen-bond acceptors (Lipinski definition) is 5. The molecule has 0 aliphatic rings. The van der Waals surface area contributed by atoms with Gasteiger partial charge in [0.1, 0.15) is 0 Å². The lowest BCUT2D eigenvalue weighted by atomic mass is 10.2. The van der Waals surface area contributed by atoms with Crippen LogP contribution in [0.4, 0.5) is 0 Å². The van der Waals surface area contributed by atoms with Crippen LogP contribution in [0.3, 0.4) is 0 Å². The van der Waals surface area contributed by atoms with Crippen LogP contribution in [0, 0.1) is 0 Å². The second kappa shape index (κ2) is 11.8. The first-order valence-electron chi connectivity index (χ1n) is 5.92. The summed E-state index contributed by atoms with van der Waals surface area (Å²) in [4.78, 5) is 21.6. The van der Waals surface area contributed by atoms with Gasteiger partial charge in [-0.15, -0.1) is 0 Å². The van der Waals surface area contributed by atoms with E-state index in [1.807, 2.05) is 11.8 Å². The van der Waals surface area contributed by atoms with Gasteiger partial charge in [0.25, 0.3) is 0 Å². The highest BCUT2D eigenvalue weighted by atomic mass is 32.2. The van der Waals surface area contributed by atoms with Crippen molar-refractivity contribution in [2.24, 2.45) is 0 Å². The van der Waals surface area contributed by atoms with E-state index in [1.165, 1.54) is 14.2 Å². The number of ether oxygens (including phenoxy) is 2. The quantitative estimate of drug-likeness (QED) is 0.447. The number of unbranched alkanes of at least 4 members (excludes halogenated alkanes) is 2. The van der Waals surface area contributed by atoms with E-state index >= 15 is 0 Å². The lowest BCUT2D eigenvalue weighted by Gasteiger charge is -2.02. The van der Waals surface area contributed by atoms with Gasteiger partial charge in [-0.2, -0.15) is 11.8 Å². The minimum Gasteiger partial charge on any atom is -0.469 e. The van der Waals surface area contributed by atoms with Gasteiger partial charge in [-0.05, 0) is 37.2 Å². The number of rotatable bonds is 10. The Kier molecular flexibility index (Phi) is 11.3. The molecule has 0 heterocycles. The van der Waals surface area contributed by atoms with Crippen LogP contribution in [0.5, 0.6) is 0 Å².